The summed E-state index contributed by atoms with van der Waals surface area (Å²) in [6, 6.07) is 4.02. The lowest BCUT2D eigenvalue weighted by molar-refractivity contribution is 0.429. The third kappa shape index (κ3) is 2.45. The van der Waals surface area contributed by atoms with E-state index in [9.17, 15) is 0 Å². The predicted molar refractivity (Wildman–Crippen MR) is 61.6 cm³/mol. The zero-order chi connectivity index (χ0) is 12.4. The van der Waals surface area contributed by atoms with Crippen LogP contribution in [-0.4, -0.2) is 15.2 Å². The van der Waals surface area contributed by atoms with Gasteiger partial charge in [-0.15, -0.1) is 10.2 Å². The molecule has 0 unspecified atom stereocenters. The maximum Gasteiger partial charge on any atom is 0.282 e. The maximum atomic E-state index is 9.10. The summed E-state index contributed by atoms with van der Waals surface area (Å²) in [5.74, 6) is 0.496. The van der Waals surface area contributed by atoms with Crippen molar-refractivity contribution < 1.29 is 4.42 Å². The highest BCUT2D eigenvalue weighted by atomic mass is 32.2. The molecule has 6 heteroatoms. The molecule has 2 aromatic rings. The summed E-state index contributed by atoms with van der Waals surface area (Å²) < 4.78 is 5.26. The Hall–Kier alpha value is -1.87. The molecule has 0 radical (unpaired) electrons. The van der Waals surface area contributed by atoms with Crippen LogP contribution < -0.4 is 0 Å². The van der Waals surface area contributed by atoms with Gasteiger partial charge in [0.15, 0.2) is 0 Å². The van der Waals surface area contributed by atoms with Crippen LogP contribution in [0.5, 0.6) is 0 Å². The van der Waals surface area contributed by atoms with Gasteiger partial charge < -0.3 is 4.42 Å². The predicted octanol–water partition coefficient (Wildman–Crippen LogP) is 2.41. The lowest BCUT2D eigenvalue weighted by Gasteiger charge is -2.04. The summed E-state index contributed by atoms with van der Waals surface area (Å²) in [7, 11) is 0. The first-order chi connectivity index (χ1) is 8.10. The highest BCUT2D eigenvalue weighted by Crippen LogP contribution is 2.29. The van der Waals surface area contributed by atoms with E-state index in [4.69, 9.17) is 9.68 Å². The van der Waals surface area contributed by atoms with Crippen LogP contribution in [0, 0.1) is 32.1 Å². The molecular weight excluding hydrogens is 236 g/mol. The Morgan fingerprint density at radius 2 is 2.06 bits per heavy atom. The highest BCUT2D eigenvalue weighted by Gasteiger charge is 2.13. The minimum absolute atomic E-state index is 0.400. The monoisotopic (exact) mass is 246 g/mol. The number of hydrogen-bond acceptors (Lipinski definition) is 6. The number of rotatable bonds is 2. The van der Waals surface area contributed by atoms with Crippen molar-refractivity contribution in [1.82, 2.24) is 15.2 Å². The average molecular weight is 246 g/mol. The van der Waals surface area contributed by atoms with E-state index >= 15 is 0 Å². The first kappa shape index (κ1) is 11.6. The standard InChI is InChI=1S/C11H10N4OS/c1-6-4-7(2)13-10(9(6)5-12)17-11-15-14-8(3)16-11/h4H,1-3H3. The van der Waals surface area contributed by atoms with Gasteiger partial charge >= 0.3 is 0 Å². The van der Waals surface area contributed by atoms with E-state index in [2.05, 4.69) is 21.3 Å². The third-order valence-corrected chi connectivity index (χ3v) is 2.94. The van der Waals surface area contributed by atoms with Crippen molar-refractivity contribution in [3.8, 4) is 6.07 Å². The van der Waals surface area contributed by atoms with Crippen LogP contribution >= 0.6 is 11.8 Å². The minimum atomic E-state index is 0.400. The molecule has 2 aromatic heterocycles. The van der Waals surface area contributed by atoms with E-state index < -0.39 is 0 Å². The second-order valence-corrected chi connectivity index (χ2v) is 4.50. The van der Waals surface area contributed by atoms with Gasteiger partial charge in [-0.3, -0.25) is 0 Å². The average Bonchev–Trinajstić information content (AvgIpc) is 2.63. The van der Waals surface area contributed by atoms with Crippen molar-refractivity contribution in [3.05, 3.63) is 28.8 Å². The molecule has 86 valence electrons. The molecule has 17 heavy (non-hydrogen) atoms. The molecule has 2 rings (SSSR count). The topological polar surface area (TPSA) is 75.6 Å². The Labute approximate surface area is 103 Å². The van der Waals surface area contributed by atoms with Crippen molar-refractivity contribution >= 4 is 11.8 Å². The fourth-order valence-corrected chi connectivity index (χ4v) is 2.32. The third-order valence-electron chi connectivity index (χ3n) is 2.11. The first-order valence-corrected chi connectivity index (χ1v) is 5.78. The van der Waals surface area contributed by atoms with Crippen LogP contribution in [0.3, 0.4) is 0 Å². The second kappa shape index (κ2) is 4.55. The number of hydrogen-bond donors (Lipinski definition) is 0. The number of pyridine rings is 1. The highest BCUT2D eigenvalue weighted by molar-refractivity contribution is 7.99. The summed E-state index contributed by atoms with van der Waals surface area (Å²) in [6.07, 6.45) is 0. The van der Waals surface area contributed by atoms with Gasteiger partial charge in [-0.05, 0) is 37.2 Å². The van der Waals surface area contributed by atoms with Crippen LogP contribution in [0.15, 0.2) is 20.7 Å². The number of aryl methyl sites for hydroxylation is 3. The summed E-state index contributed by atoms with van der Waals surface area (Å²) in [5.41, 5.74) is 2.32. The summed E-state index contributed by atoms with van der Waals surface area (Å²) in [6.45, 7) is 5.49. The normalized spacial score (nSPS) is 10.2. The van der Waals surface area contributed by atoms with Crippen LogP contribution in [0.1, 0.15) is 22.7 Å². The molecule has 0 aromatic carbocycles. The van der Waals surface area contributed by atoms with E-state index in [1.165, 1.54) is 11.8 Å². The van der Waals surface area contributed by atoms with Crippen molar-refractivity contribution in [1.29, 1.82) is 5.26 Å². The van der Waals surface area contributed by atoms with E-state index in [0.29, 0.717) is 21.7 Å². The Morgan fingerprint density at radius 3 is 2.65 bits per heavy atom. The molecular formula is C11H10N4OS. The van der Waals surface area contributed by atoms with Crippen LogP contribution in [0.4, 0.5) is 0 Å². The van der Waals surface area contributed by atoms with Gasteiger partial charge in [0.25, 0.3) is 5.22 Å². The van der Waals surface area contributed by atoms with Crippen LogP contribution in [0.2, 0.25) is 0 Å². The molecule has 0 aliphatic rings. The molecule has 0 aliphatic carbocycles. The molecule has 0 amide bonds. The van der Waals surface area contributed by atoms with Gasteiger partial charge in [0, 0.05) is 12.6 Å². The van der Waals surface area contributed by atoms with E-state index in [0.717, 1.165) is 11.3 Å². The summed E-state index contributed by atoms with van der Waals surface area (Å²) in [4.78, 5) is 4.32. The van der Waals surface area contributed by atoms with E-state index in [1.54, 1.807) is 6.92 Å². The minimum Gasteiger partial charge on any atom is -0.416 e. The molecule has 0 fully saturated rings. The first-order valence-electron chi connectivity index (χ1n) is 4.96. The fraction of sp³-hybridized carbons (Fsp3) is 0.273. The molecule has 0 aliphatic heterocycles. The number of nitriles is 1. The van der Waals surface area contributed by atoms with Gasteiger partial charge in [-0.2, -0.15) is 5.26 Å². The van der Waals surface area contributed by atoms with Crippen molar-refractivity contribution in [2.45, 2.75) is 31.0 Å². The fourth-order valence-electron chi connectivity index (χ4n) is 1.41. The zero-order valence-electron chi connectivity index (χ0n) is 9.68. The molecule has 0 spiro atoms. The molecule has 5 nitrogen and oxygen atoms in total. The lowest BCUT2D eigenvalue weighted by Crippen LogP contribution is -1.94. The van der Waals surface area contributed by atoms with Gasteiger partial charge in [-0.25, -0.2) is 4.98 Å². The smallest absolute Gasteiger partial charge is 0.282 e. The van der Waals surface area contributed by atoms with Crippen molar-refractivity contribution in [2.24, 2.45) is 0 Å². The van der Waals surface area contributed by atoms with Gasteiger partial charge in [0.1, 0.15) is 11.1 Å². The lowest BCUT2D eigenvalue weighted by atomic mass is 10.1. The molecule has 0 bridgehead atoms. The van der Waals surface area contributed by atoms with Crippen LogP contribution in [-0.2, 0) is 0 Å². The largest absolute Gasteiger partial charge is 0.416 e. The van der Waals surface area contributed by atoms with Crippen molar-refractivity contribution in [2.75, 3.05) is 0 Å². The van der Waals surface area contributed by atoms with Crippen LogP contribution in [0.25, 0.3) is 0 Å². The molecule has 0 N–H and O–H groups in total. The quantitative estimate of drug-likeness (QED) is 0.810. The summed E-state index contributed by atoms with van der Waals surface area (Å²) in [5, 5.41) is 17.7. The molecule has 0 saturated carbocycles. The Morgan fingerprint density at radius 1 is 1.29 bits per heavy atom. The van der Waals surface area contributed by atoms with E-state index in [1.807, 2.05) is 19.9 Å². The second-order valence-electron chi connectivity index (χ2n) is 3.56. The van der Waals surface area contributed by atoms with Gasteiger partial charge in [0.05, 0.1) is 5.56 Å². The van der Waals surface area contributed by atoms with Gasteiger partial charge in [-0.1, -0.05) is 0 Å². The number of aromatic nitrogens is 3. The number of nitrogens with zero attached hydrogens (tertiary/aromatic N) is 4. The van der Waals surface area contributed by atoms with Crippen molar-refractivity contribution in [3.63, 3.8) is 0 Å². The van der Waals surface area contributed by atoms with E-state index in [-0.39, 0.29) is 0 Å². The molecule has 0 atom stereocenters. The summed E-state index contributed by atoms with van der Waals surface area (Å²) >= 11 is 1.21. The maximum absolute atomic E-state index is 9.10. The van der Waals surface area contributed by atoms with Gasteiger partial charge in [0.2, 0.25) is 5.89 Å². The molecule has 2 heterocycles. The Balaban J connectivity index is 2.42. The molecule has 0 saturated heterocycles. The SMILES string of the molecule is Cc1cc(C)c(C#N)c(Sc2nnc(C)o2)n1. The Bertz CT molecular complexity index is 600. The Kier molecular flexibility index (Phi) is 3.11. The zero-order valence-corrected chi connectivity index (χ0v) is 10.5.